The van der Waals surface area contributed by atoms with Crippen molar-refractivity contribution in [3.8, 4) is 28.0 Å². The Balaban J connectivity index is 1.39. The third-order valence-electron chi connectivity index (χ3n) is 8.19. The van der Waals surface area contributed by atoms with E-state index in [1.54, 1.807) is 7.05 Å². The molecule has 3 aromatic carbocycles. The van der Waals surface area contributed by atoms with Gasteiger partial charge in [0.05, 0.1) is 13.7 Å². The summed E-state index contributed by atoms with van der Waals surface area (Å²) in [5, 5.41) is 14.4. The molecule has 1 atom stereocenters. The van der Waals surface area contributed by atoms with E-state index < -0.39 is 0 Å². The normalized spacial score (nSPS) is 16.6. The number of hydrogen-bond donors (Lipinski definition) is 3. The number of hydrogen-bond acceptors (Lipinski definition) is 6. The third-order valence-corrected chi connectivity index (χ3v) is 8.19. The van der Waals surface area contributed by atoms with Gasteiger partial charge in [-0.3, -0.25) is 9.59 Å². The maximum Gasteiger partial charge on any atom is 0.340 e. The van der Waals surface area contributed by atoms with E-state index in [0.29, 0.717) is 35.5 Å². The second kappa shape index (κ2) is 12.8. The second-order valence-corrected chi connectivity index (χ2v) is 11.2. The highest BCUT2D eigenvalue weighted by Gasteiger charge is 2.27. The molecule has 2 heterocycles. The molecule has 4 amide bonds. The lowest BCUT2D eigenvalue weighted by molar-refractivity contribution is -0.119. The first kappa shape index (κ1) is 30.7. The monoisotopic (exact) mass is 600 g/mol. The van der Waals surface area contributed by atoms with Crippen molar-refractivity contribution < 1.29 is 23.5 Å². The molecule has 0 aliphatic carbocycles. The number of anilines is 1. The summed E-state index contributed by atoms with van der Waals surface area (Å²) >= 11 is 0. The number of hydrazone groups is 1. The molecule has 10 nitrogen and oxygen atoms in total. The number of carbonyl (C=O) groups excluding carboxylic acids is 3. The van der Waals surface area contributed by atoms with Gasteiger partial charge in [0.15, 0.2) is 0 Å². The maximum absolute atomic E-state index is 15.5. The van der Waals surface area contributed by atoms with Crippen LogP contribution in [-0.2, 0) is 16.1 Å². The van der Waals surface area contributed by atoms with Crippen molar-refractivity contribution in [3.05, 3.63) is 71.0 Å². The molecule has 0 spiro atoms. The van der Waals surface area contributed by atoms with Crippen LogP contribution >= 0.6 is 0 Å². The molecule has 1 fully saturated rings. The van der Waals surface area contributed by atoms with E-state index in [2.05, 4.69) is 21.1 Å². The lowest BCUT2D eigenvalue weighted by atomic mass is 9.90. The summed E-state index contributed by atoms with van der Waals surface area (Å²) in [5.74, 6) is -0.274. The van der Waals surface area contributed by atoms with Gasteiger partial charge in [-0.25, -0.2) is 14.2 Å². The van der Waals surface area contributed by atoms with Gasteiger partial charge in [-0.05, 0) is 71.8 Å². The highest BCUT2D eigenvalue weighted by molar-refractivity contribution is 6.44. The van der Waals surface area contributed by atoms with Gasteiger partial charge in [0, 0.05) is 50.9 Å². The number of amides is 4. The molecule has 2 aliphatic rings. The van der Waals surface area contributed by atoms with Gasteiger partial charge in [-0.15, -0.1) is 0 Å². The van der Waals surface area contributed by atoms with Crippen LogP contribution in [0.2, 0.25) is 0 Å². The third kappa shape index (κ3) is 6.28. The van der Waals surface area contributed by atoms with Crippen molar-refractivity contribution in [2.45, 2.75) is 39.3 Å². The Hall–Kier alpha value is -4.77. The number of carbonyl (C=O) groups is 3. The van der Waals surface area contributed by atoms with E-state index in [4.69, 9.17) is 4.74 Å². The number of nitrogens with zero attached hydrogens (tertiary/aromatic N) is 3. The molecular formula is C33H37FN6O4. The molecule has 0 radical (unpaired) electrons. The zero-order valence-electron chi connectivity index (χ0n) is 25.6. The molecule has 5 rings (SSSR count). The molecule has 3 N–H and O–H groups in total. The van der Waals surface area contributed by atoms with Crippen LogP contribution in [-0.4, -0.2) is 73.8 Å². The van der Waals surface area contributed by atoms with Crippen molar-refractivity contribution in [1.82, 2.24) is 20.5 Å². The molecule has 11 heteroatoms. The van der Waals surface area contributed by atoms with E-state index in [-0.39, 0.29) is 48.5 Å². The Morgan fingerprint density at radius 1 is 1.07 bits per heavy atom. The van der Waals surface area contributed by atoms with Crippen LogP contribution in [0.5, 0.6) is 5.75 Å². The average molecular weight is 601 g/mol. The first-order valence-electron chi connectivity index (χ1n) is 14.5. The standard InChI is InChI=1S/C33H37FN6O4/c1-19-23(21-14-27(34)26(30(15-21)44-5)17-35-16-22-12-13-31(41)36-22)8-6-9-24(19)25-10-7-11-28(20(25)2)37-32(42)29-18-39(3)33(43)40(4)38-29/h6-11,14-15,22,35H,12-13,16-18H2,1-5H3,(H,36,41)(H,37,42)/t22-/m0/s1. The average Bonchev–Trinajstić information content (AvgIpc) is 3.42. The van der Waals surface area contributed by atoms with Gasteiger partial charge >= 0.3 is 6.03 Å². The topological polar surface area (TPSA) is 115 Å². The first-order valence-corrected chi connectivity index (χ1v) is 14.5. The molecular weight excluding hydrogens is 563 g/mol. The van der Waals surface area contributed by atoms with E-state index >= 15 is 4.39 Å². The van der Waals surface area contributed by atoms with Crippen LogP contribution in [0.25, 0.3) is 22.3 Å². The molecule has 0 unspecified atom stereocenters. The highest BCUT2D eigenvalue weighted by atomic mass is 19.1. The zero-order valence-corrected chi connectivity index (χ0v) is 25.6. The Morgan fingerprint density at radius 3 is 2.45 bits per heavy atom. The van der Waals surface area contributed by atoms with Crippen molar-refractivity contribution in [2.75, 3.05) is 39.6 Å². The van der Waals surface area contributed by atoms with E-state index in [0.717, 1.165) is 39.2 Å². The SMILES string of the molecule is COc1cc(-c2cccc(-c3cccc(NC(=O)C4=NN(C)C(=O)N(C)C4)c3C)c2C)cc(F)c1CNC[C@@H]1CCC(=O)N1. The van der Waals surface area contributed by atoms with Crippen molar-refractivity contribution in [1.29, 1.82) is 0 Å². The minimum absolute atomic E-state index is 0.0448. The number of benzene rings is 3. The molecule has 0 saturated carbocycles. The quantitative estimate of drug-likeness (QED) is 0.336. The summed E-state index contributed by atoms with van der Waals surface area (Å²) in [6, 6.07) is 14.7. The number of methoxy groups -OCH3 is 1. The van der Waals surface area contributed by atoms with Gasteiger partial charge in [-0.1, -0.05) is 30.3 Å². The second-order valence-electron chi connectivity index (χ2n) is 11.2. The van der Waals surface area contributed by atoms with Crippen LogP contribution < -0.4 is 20.7 Å². The van der Waals surface area contributed by atoms with Gasteiger partial charge < -0.3 is 25.6 Å². The summed E-state index contributed by atoms with van der Waals surface area (Å²) < 4.78 is 21.1. The van der Waals surface area contributed by atoms with Crippen LogP contribution in [0.15, 0.2) is 53.6 Å². The van der Waals surface area contributed by atoms with Gasteiger partial charge in [0.25, 0.3) is 5.91 Å². The first-order chi connectivity index (χ1) is 21.1. The van der Waals surface area contributed by atoms with Crippen LogP contribution in [0.1, 0.15) is 29.5 Å². The van der Waals surface area contributed by atoms with E-state index in [9.17, 15) is 14.4 Å². The number of ether oxygens (including phenoxy) is 1. The summed E-state index contributed by atoms with van der Waals surface area (Å²) in [4.78, 5) is 38.0. The Labute approximate surface area is 256 Å². The summed E-state index contributed by atoms with van der Waals surface area (Å²) in [7, 11) is 4.66. The number of urea groups is 1. The maximum atomic E-state index is 15.5. The van der Waals surface area contributed by atoms with Crippen LogP contribution in [0.4, 0.5) is 14.9 Å². The predicted molar refractivity (Wildman–Crippen MR) is 168 cm³/mol. The fraction of sp³-hybridized carbons (Fsp3) is 0.333. The Bertz CT molecular complexity index is 1660. The Kier molecular flexibility index (Phi) is 8.96. The fourth-order valence-electron chi connectivity index (χ4n) is 5.73. The summed E-state index contributed by atoms with van der Waals surface area (Å²) in [5.41, 5.74) is 6.50. The van der Waals surface area contributed by atoms with Gasteiger partial charge in [0.2, 0.25) is 5.91 Å². The molecule has 1 saturated heterocycles. The minimum Gasteiger partial charge on any atom is -0.496 e. The minimum atomic E-state index is -0.382. The Morgan fingerprint density at radius 2 is 1.77 bits per heavy atom. The molecule has 3 aromatic rings. The lowest BCUT2D eigenvalue weighted by Crippen LogP contribution is -2.47. The number of nitrogens with one attached hydrogen (secondary N) is 3. The lowest BCUT2D eigenvalue weighted by Gasteiger charge is -2.27. The molecule has 44 heavy (non-hydrogen) atoms. The summed E-state index contributed by atoms with van der Waals surface area (Å²) in [6.07, 6.45) is 1.28. The fourth-order valence-corrected chi connectivity index (χ4v) is 5.73. The van der Waals surface area contributed by atoms with Crippen molar-refractivity contribution >= 4 is 29.2 Å². The van der Waals surface area contributed by atoms with Gasteiger partial charge in [0.1, 0.15) is 17.3 Å². The highest BCUT2D eigenvalue weighted by Crippen LogP contribution is 2.37. The molecule has 2 aliphatic heterocycles. The molecule has 230 valence electrons. The van der Waals surface area contributed by atoms with Crippen LogP contribution in [0, 0.1) is 19.7 Å². The number of halogens is 1. The molecule has 0 bridgehead atoms. The van der Waals surface area contributed by atoms with Crippen molar-refractivity contribution in [2.24, 2.45) is 5.10 Å². The number of rotatable bonds is 9. The van der Waals surface area contributed by atoms with Crippen LogP contribution in [0.3, 0.4) is 0 Å². The summed E-state index contributed by atoms with van der Waals surface area (Å²) in [6.45, 7) is 4.86. The molecule has 0 aromatic heterocycles. The van der Waals surface area contributed by atoms with Crippen molar-refractivity contribution in [3.63, 3.8) is 0 Å². The van der Waals surface area contributed by atoms with E-state index in [1.165, 1.54) is 25.1 Å². The van der Waals surface area contributed by atoms with E-state index in [1.807, 2.05) is 56.3 Å². The smallest absolute Gasteiger partial charge is 0.340 e. The largest absolute Gasteiger partial charge is 0.496 e. The predicted octanol–water partition coefficient (Wildman–Crippen LogP) is 4.45. The van der Waals surface area contributed by atoms with Gasteiger partial charge in [-0.2, -0.15) is 5.10 Å². The zero-order chi connectivity index (χ0) is 31.5.